The second-order valence-electron chi connectivity index (χ2n) is 4.41. The largest absolute Gasteiger partial charge is 0.348 e. The van der Waals surface area contributed by atoms with Gasteiger partial charge >= 0.3 is 0 Å². The molecule has 18 heavy (non-hydrogen) atoms. The summed E-state index contributed by atoms with van der Waals surface area (Å²) in [7, 11) is 0. The number of hydrogen-bond donors (Lipinski definition) is 3. The molecular formula is C12H18ClN3O2. The molecule has 3 N–H and O–H groups in total. The van der Waals surface area contributed by atoms with Gasteiger partial charge in [-0.2, -0.15) is 0 Å². The van der Waals surface area contributed by atoms with Crippen molar-refractivity contribution in [2.45, 2.75) is 25.8 Å². The molecular weight excluding hydrogens is 254 g/mol. The number of pyridine rings is 1. The van der Waals surface area contributed by atoms with Crippen molar-refractivity contribution >= 4 is 18.3 Å². The Labute approximate surface area is 112 Å². The van der Waals surface area contributed by atoms with Gasteiger partial charge in [0.1, 0.15) is 0 Å². The van der Waals surface area contributed by atoms with Gasteiger partial charge in [-0.25, -0.2) is 0 Å². The van der Waals surface area contributed by atoms with Crippen molar-refractivity contribution in [1.29, 1.82) is 0 Å². The summed E-state index contributed by atoms with van der Waals surface area (Å²) in [5.41, 5.74) is 1.06. The number of nitrogens with one attached hydrogen (secondary N) is 3. The Morgan fingerprint density at radius 3 is 2.89 bits per heavy atom. The first-order valence-corrected chi connectivity index (χ1v) is 5.88. The van der Waals surface area contributed by atoms with E-state index >= 15 is 0 Å². The molecule has 1 aromatic heterocycles. The van der Waals surface area contributed by atoms with Gasteiger partial charge < -0.3 is 15.6 Å². The zero-order valence-electron chi connectivity index (χ0n) is 10.3. The van der Waals surface area contributed by atoms with Crippen molar-refractivity contribution in [2.24, 2.45) is 0 Å². The number of aromatic amines is 1. The molecule has 1 atom stereocenters. The number of carbonyl (C=O) groups excluding carboxylic acids is 1. The van der Waals surface area contributed by atoms with Crippen LogP contribution in [0.2, 0.25) is 0 Å². The van der Waals surface area contributed by atoms with Gasteiger partial charge in [0.15, 0.2) is 0 Å². The third-order valence-electron chi connectivity index (χ3n) is 3.01. The van der Waals surface area contributed by atoms with Gasteiger partial charge in [-0.15, -0.1) is 12.4 Å². The van der Waals surface area contributed by atoms with E-state index in [1.807, 2.05) is 0 Å². The number of H-pyrrole nitrogens is 1. The summed E-state index contributed by atoms with van der Waals surface area (Å²) < 4.78 is 0. The number of aromatic nitrogens is 1. The second-order valence-corrected chi connectivity index (χ2v) is 4.41. The smallest absolute Gasteiger partial charge is 0.253 e. The lowest BCUT2D eigenvalue weighted by atomic mass is 10.1. The summed E-state index contributed by atoms with van der Waals surface area (Å²) in [6.07, 6.45) is 3.56. The van der Waals surface area contributed by atoms with Gasteiger partial charge in [-0.3, -0.25) is 9.59 Å². The quantitative estimate of drug-likeness (QED) is 0.737. The molecule has 100 valence electrons. The van der Waals surface area contributed by atoms with E-state index in [1.165, 1.54) is 12.3 Å². The molecule has 1 saturated heterocycles. The standard InChI is InChI=1S/C12H17N3O2.ClH/c1-8-5-11(16)14-7-10(8)12(17)15-9-3-2-4-13-6-9;/h5,7,9,13H,2-4,6H2,1H3,(H,14,16)(H,15,17);1H/t9-;/m0./s1. The first kappa shape index (κ1) is 14.7. The van der Waals surface area contributed by atoms with Crippen LogP contribution in [0.25, 0.3) is 0 Å². The van der Waals surface area contributed by atoms with Gasteiger partial charge in [0.25, 0.3) is 5.91 Å². The lowest BCUT2D eigenvalue weighted by Crippen LogP contribution is -2.45. The number of aryl methyl sites for hydroxylation is 1. The lowest BCUT2D eigenvalue weighted by Gasteiger charge is -2.24. The fraction of sp³-hybridized carbons (Fsp3) is 0.500. The van der Waals surface area contributed by atoms with E-state index in [4.69, 9.17) is 0 Å². The van der Waals surface area contributed by atoms with Crippen LogP contribution in [0.1, 0.15) is 28.8 Å². The molecule has 1 fully saturated rings. The molecule has 0 saturated carbocycles. The second kappa shape index (κ2) is 6.56. The van der Waals surface area contributed by atoms with Crippen LogP contribution in [0.5, 0.6) is 0 Å². The Balaban J connectivity index is 0.00000162. The summed E-state index contributed by atoms with van der Waals surface area (Å²) >= 11 is 0. The van der Waals surface area contributed by atoms with Crippen LogP contribution in [0.15, 0.2) is 17.1 Å². The average molecular weight is 272 g/mol. The highest BCUT2D eigenvalue weighted by molar-refractivity contribution is 5.95. The highest BCUT2D eigenvalue weighted by Crippen LogP contribution is 2.06. The van der Waals surface area contributed by atoms with Crippen molar-refractivity contribution < 1.29 is 4.79 Å². The molecule has 0 spiro atoms. The van der Waals surface area contributed by atoms with Gasteiger partial charge in [0, 0.05) is 24.8 Å². The molecule has 1 aliphatic rings. The molecule has 1 amide bonds. The van der Waals surface area contributed by atoms with Gasteiger partial charge in [0.05, 0.1) is 5.56 Å². The number of halogens is 1. The van der Waals surface area contributed by atoms with E-state index in [0.717, 1.165) is 25.9 Å². The number of piperidine rings is 1. The third-order valence-corrected chi connectivity index (χ3v) is 3.01. The molecule has 0 aromatic carbocycles. The summed E-state index contributed by atoms with van der Waals surface area (Å²) in [4.78, 5) is 25.6. The normalized spacial score (nSPS) is 18.8. The first-order valence-electron chi connectivity index (χ1n) is 5.88. The Morgan fingerprint density at radius 1 is 1.50 bits per heavy atom. The zero-order chi connectivity index (χ0) is 12.3. The molecule has 2 rings (SSSR count). The van der Waals surface area contributed by atoms with E-state index in [-0.39, 0.29) is 29.9 Å². The highest BCUT2D eigenvalue weighted by atomic mass is 35.5. The Hall–Kier alpha value is -1.33. The summed E-state index contributed by atoms with van der Waals surface area (Å²) in [6, 6.07) is 1.62. The molecule has 1 aliphatic heterocycles. The minimum atomic E-state index is -0.182. The molecule has 0 bridgehead atoms. The van der Waals surface area contributed by atoms with E-state index in [1.54, 1.807) is 6.92 Å². The van der Waals surface area contributed by atoms with Gasteiger partial charge in [0.2, 0.25) is 5.56 Å². The fourth-order valence-electron chi connectivity index (χ4n) is 2.06. The van der Waals surface area contributed by atoms with E-state index in [0.29, 0.717) is 11.1 Å². The highest BCUT2D eigenvalue weighted by Gasteiger charge is 2.17. The molecule has 1 aromatic rings. The topological polar surface area (TPSA) is 74.0 Å². The fourth-order valence-corrected chi connectivity index (χ4v) is 2.06. The van der Waals surface area contributed by atoms with E-state index < -0.39 is 0 Å². The van der Waals surface area contributed by atoms with Crippen LogP contribution < -0.4 is 16.2 Å². The summed E-state index contributed by atoms with van der Waals surface area (Å²) in [5.74, 6) is -0.118. The van der Waals surface area contributed by atoms with Crippen LogP contribution in [0.4, 0.5) is 0 Å². The number of amides is 1. The van der Waals surface area contributed by atoms with Gasteiger partial charge in [-0.05, 0) is 31.9 Å². The molecule has 2 heterocycles. The summed E-state index contributed by atoms with van der Waals surface area (Å²) in [6.45, 7) is 3.60. The first-order chi connectivity index (χ1) is 8.16. The van der Waals surface area contributed by atoms with Crippen molar-refractivity contribution in [3.05, 3.63) is 33.7 Å². The number of hydrogen-bond acceptors (Lipinski definition) is 3. The lowest BCUT2D eigenvalue weighted by molar-refractivity contribution is 0.0929. The van der Waals surface area contributed by atoms with E-state index in [9.17, 15) is 9.59 Å². The average Bonchev–Trinajstić information content (AvgIpc) is 2.30. The van der Waals surface area contributed by atoms with Crippen LogP contribution in [-0.2, 0) is 0 Å². The minimum absolute atomic E-state index is 0. The van der Waals surface area contributed by atoms with Crippen molar-refractivity contribution in [2.75, 3.05) is 13.1 Å². The molecule has 6 heteroatoms. The predicted molar refractivity (Wildman–Crippen MR) is 72.4 cm³/mol. The molecule has 0 unspecified atom stereocenters. The zero-order valence-corrected chi connectivity index (χ0v) is 11.1. The van der Waals surface area contributed by atoms with Crippen LogP contribution in [-0.4, -0.2) is 30.0 Å². The molecule has 5 nitrogen and oxygen atoms in total. The maximum absolute atomic E-state index is 12.0. The SMILES string of the molecule is Cc1cc(=O)[nH]cc1C(=O)N[C@H]1CCCNC1.Cl. The van der Waals surface area contributed by atoms with Gasteiger partial charge in [-0.1, -0.05) is 0 Å². The number of carbonyl (C=O) groups is 1. The Bertz CT molecular complexity index is 467. The third kappa shape index (κ3) is 3.58. The van der Waals surface area contributed by atoms with Crippen LogP contribution in [0, 0.1) is 6.92 Å². The molecule has 0 aliphatic carbocycles. The maximum Gasteiger partial charge on any atom is 0.253 e. The number of rotatable bonds is 2. The predicted octanol–water partition coefficient (Wildman–Crippen LogP) is 0.587. The maximum atomic E-state index is 12.0. The Morgan fingerprint density at radius 2 is 2.28 bits per heavy atom. The summed E-state index contributed by atoms with van der Waals surface area (Å²) in [5, 5.41) is 6.21. The van der Waals surface area contributed by atoms with Crippen molar-refractivity contribution in [3.8, 4) is 0 Å². The van der Waals surface area contributed by atoms with Crippen LogP contribution in [0.3, 0.4) is 0 Å². The van der Waals surface area contributed by atoms with Crippen LogP contribution >= 0.6 is 12.4 Å². The Kier molecular flexibility index (Phi) is 5.37. The minimum Gasteiger partial charge on any atom is -0.348 e. The van der Waals surface area contributed by atoms with Crippen molar-refractivity contribution in [1.82, 2.24) is 15.6 Å². The monoisotopic (exact) mass is 271 g/mol. The van der Waals surface area contributed by atoms with Crippen molar-refractivity contribution in [3.63, 3.8) is 0 Å². The van der Waals surface area contributed by atoms with E-state index in [2.05, 4.69) is 15.6 Å². The molecule has 0 radical (unpaired) electrons.